The van der Waals surface area contributed by atoms with Crippen molar-refractivity contribution in [2.24, 2.45) is 0 Å². The van der Waals surface area contributed by atoms with Crippen molar-refractivity contribution in [3.05, 3.63) is 169 Å². The highest BCUT2D eigenvalue weighted by molar-refractivity contribution is 6.13. The van der Waals surface area contributed by atoms with Gasteiger partial charge in [-0.1, -0.05) is 159 Å². The Morgan fingerprint density at radius 3 is 0.907 bits per heavy atom. The zero-order valence-corrected chi connectivity index (χ0v) is 24.5. The summed E-state index contributed by atoms with van der Waals surface area (Å²) < 4.78 is 0. The Morgan fingerprint density at radius 1 is 0.326 bits per heavy atom. The van der Waals surface area contributed by atoms with Crippen LogP contribution in [0.25, 0.3) is 65.3 Å². The first-order chi connectivity index (χ1) is 21.1. The lowest BCUT2D eigenvalue weighted by molar-refractivity contribution is 0.641. The third kappa shape index (κ3) is 4.22. The Labute approximate surface area is 252 Å². The van der Waals surface area contributed by atoms with Gasteiger partial charge in [0.1, 0.15) is 0 Å². The second-order valence-corrected chi connectivity index (χ2v) is 12.2. The molecule has 204 valence electrons. The molecule has 0 aliphatic carbocycles. The van der Waals surface area contributed by atoms with E-state index in [1.807, 2.05) is 0 Å². The molecule has 0 aliphatic heterocycles. The van der Waals surface area contributed by atoms with Crippen molar-refractivity contribution in [1.82, 2.24) is 0 Å². The fourth-order valence-electron chi connectivity index (χ4n) is 6.92. The standard InChI is InChI=1S/C43H32/c1-43(2,35-23-19-29(20-24-35)41-37-15-7-3-11-31(37)27-32-12-4-8-16-38(32)41)36-25-21-30(22-26-36)42-39-17-9-5-13-33(39)28-34-14-6-10-18-40(34)42/h3-28H,1-2H3. The molecule has 0 aliphatic rings. The summed E-state index contributed by atoms with van der Waals surface area (Å²) in [5, 5.41) is 10.3. The molecule has 0 N–H and O–H groups in total. The predicted octanol–water partition coefficient (Wildman–Crippen LogP) is 12.0. The van der Waals surface area contributed by atoms with Crippen molar-refractivity contribution >= 4 is 43.1 Å². The van der Waals surface area contributed by atoms with Crippen molar-refractivity contribution < 1.29 is 0 Å². The van der Waals surface area contributed by atoms with Crippen molar-refractivity contribution in [1.29, 1.82) is 0 Å². The SMILES string of the molecule is CC(C)(c1ccc(-c2c3ccccc3cc3ccccc23)cc1)c1ccc(-c2c3ccccc3cc3ccccc23)cc1. The minimum Gasteiger partial charge on any atom is -0.0616 e. The molecule has 0 heterocycles. The zero-order chi connectivity index (χ0) is 29.0. The van der Waals surface area contributed by atoms with E-state index in [2.05, 4.69) is 172 Å². The van der Waals surface area contributed by atoms with E-state index in [4.69, 9.17) is 0 Å². The second-order valence-electron chi connectivity index (χ2n) is 12.2. The molecule has 0 atom stereocenters. The Kier molecular flexibility index (Phi) is 5.91. The van der Waals surface area contributed by atoms with Crippen LogP contribution in [-0.2, 0) is 5.41 Å². The lowest BCUT2D eigenvalue weighted by atomic mass is 9.77. The topological polar surface area (TPSA) is 0 Å². The van der Waals surface area contributed by atoms with Crippen LogP contribution < -0.4 is 0 Å². The van der Waals surface area contributed by atoms with E-state index in [1.54, 1.807) is 0 Å². The van der Waals surface area contributed by atoms with Gasteiger partial charge in [0.05, 0.1) is 0 Å². The van der Waals surface area contributed by atoms with Crippen LogP contribution in [0, 0.1) is 0 Å². The fraction of sp³-hybridized carbons (Fsp3) is 0.0698. The molecule has 0 saturated carbocycles. The summed E-state index contributed by atoms with van der Waals surface area (Å²) in [6, 6.07) is 58.0. The molecule has 0 bridgehead atoms. The molecule has 0 heteroatoms. The van der Waals surface area contributed by atoms with E-state index in [-0.39, 0.29) is 5.41 Å². The molecule has 8 aromatic rings. The molecule has 0 amide bonds. The highest BCUT2D eigenvalue weighted by Crippen LogP contribution is 2.40. The molecular weight excluding hydrogens is 516 g/mol. The van der Waals surface area contributed by atoms with Gasteiger partial charge < -0.3 is 0 Å². The minimum atomic E-state index is -0.140. The van der Waals surface area contributed by atoms with E-state index < -0.39 is 0 Å². The summed E-state index contributed by atoms with van der Waals surface area (Å²) >= 11 is 0. The Morgan fingerprint density at radius 2 is 0.605 bits per heavy atom. The predicted molar refractivity (Wildman–Crippen MR) is 186 cm³/mol. The van der Waals surface area contributed by atoms with Gasteiger partial charge in [0.25, 0.3) is 0 Å². The zero-order valence-electron chi connectivity index (χ0n) is 24.5. The van der Waals surface area contributed by atoms with E-state index in [0.717, 1.165) is 0 Å². The van der Waals surface area contributed by atoms with Crippen LogP contribution in [0.4, 0.5) is 0 Å². The Bertz CT molecular complexity index is 2010. The molecular formula is C43H32. The van der Waals surface area contributed by atoms with Crippen molar-refractivity contribution in [2.75, 3.05) is 0 Å². The van der Waals surface area contributed by atoms with Gasteiger partial charge in [0.2, 0.25) is 0 Å². The molecule has 8 aromatic carbocycles. The van der Waals surface area contributed by atoms with Gasteiger partial charge in [-0.15, -0.1) is 0 Å². The van der Waals surface area contributed by atoms with E-state index in [1.165, 1.54) is 76.5 Å². The number of hydrogen-bond donors (Lipinski definition) is 0. The van der Waals surface area contributed by atoms with Gasteiger partial charge in [-0.25, -0.2) is 0 Å². The molecule has 43 heavy (non-hydrogen) atoms. The lowest BCUT2D eigenvalue weighted by Gasteiger charge is -2.27. The van der Waals surface area contributed by atoms with E-state index >= 15 is 0 Å². The quantitative estimate of drug-likeness (QED) is 0.192. The molecule has 0 radical (unpaired) electrons. The molecule has 0 spiro atoms. The Balaban J connectivity index is 1.19. The minimum absolute atomic E-state index is 0.140. The van der Waals surface area contributed by atoms with Crippen molar-refractivity contribution in [3.8, 4) is 22.3 Å². The highest BCUT2D eigenvalue weighted by atomic mass is 14.3. The van der Waals surface area contributed by atoms with Gasteiger partial charge >= 0.3 is 0 Å². The average molecular weight is 549 g/mol. The monoisotopic (exact) mass is 548 g/mol. The molecule has 0 aromatic heterocycles. The first-order valence-electron chi connectivity index (χ1n) is 15.1. The van der Waals surface area contributed by atoms with Gasteiger partial charge in [-0.05, 0) is 88.6 Å². The molecule has 8 rings (SSSR count). The average Bonchev–Trinajstić information content (AvgIpc) is 3.06. The smallest absolute Gasteiger partial charge is 0.0146 e. The lowest BCUT2D eigenvalue weighted by Crippen LogP contribution is -2.18. The van der Waals surface area contributed by atoms with Gasteiger partial charge in [0, 0.05) is 5.41 Å². The summed E-state index contributed by atoms with van der Waals surface area (Å²) in [5.41, 5.74) is 7.61. The maximum atomic E-state index is 2.33. The van der Waals surface area contributed by atoms with E-state index in [0.29, 0.717) is 0 Å². The maximum Gasteiger partial charge on any atom is 0.0146 e. The Hall–Kier alpha value is -5.20. The van der Waals surface area contributed by atoms with Crippen molar-refractivity contribution in [3.63, 3.8) is 0 Å². The van der Waals surface area contributed by atoms with Gasteiger partial charge in [-0.2, -0.15) is 0 Å². The van der Waals surface area contributed by atoms with Crippen LogP contribution in [0.2, 0.25) is 0 Å². The first-order valence-corrected chi connectivity index (χ1v) is 15.1. The second kappa shape index (κ2) is 9.96. The number of fused-ring (bicyclic) bond motifs is 4. The van der Waals surface area contributed by atoms with Gasteiger partial charge in [0.15, 0.2) is 0 Å². The van der Waals surface area contributed by atoms with Crippen LogP contribution in [0.3, 0.4) is 0 Å². The third-order valence-electron chi connectivity index (χ3n) is 9.33. The summed E-state index contributed by atoms with van der Waals surface area (Å²) in [6.45, 7) is 4.66. The summed E-state index contributed by atoms with van der Waals surface area (Å²) in [4.78, 5) is 0. The maximum absolute atomic E-state index is 2.33. The molecule has 0 unspecified atom stereocenters. The summed E-state index contributed by atoms with van der Waals surface area (Å²) in [7, 11) is 0. The highest BCUT2D eigenvalue weighted by Gasteiger charge is 2.24. The molecule has 0 nitrogen and oxygen atoms in total. The summed E-state index contributed by atoms with van der Waals surface area (Å²) in [5.74, 6) is 0. The van der Waals surface area contributed by atoms with Crippen LogP contribution >= 0.6 is 0 Å². The third-order valence-corrected chi connectivity index (χ3v) is 9.33. The van der Waals surface area contributed by atoms with Gasteiger partial charge in [-0.3, -0.25) is 0 Å². The van der Waals surface area contributed by atoms with Crippen molar-refractivity contribution in [2.45, 2.75) is 19.3 Å². The van der Waals surface area contributed by atoms with Crippen LogP contribution in [0.15, 0.2) is 158 Å². The van der Waals surface area contributed by atoms with Crippen LogP contribution in [-0.4, -0.2) is 0 Å². The summed E-state index contributed by atoms with van der Waals surface area (Å²) in [6.07, 6.45) is 0. The normalized spacial score (nSPS) is 12.0. The molecule has 0 saturated heterocycles. The van der Waals surface area contributed by atoms with Crippen LogP contribution in [0.1, 0.15) is 25.0 Å². The number of hydrogen-bond acceptors (Lipinski definition) is 0. The number of rotatable bonds is 4. The fourth-order valence-corrected chi connectivity index (χ4v) is 6.92. The number of benzene rings is 8. The van der Waals surface area contributed by atoms with E-state index in [9.17, 15) is 0 Å². The molecule has 0 fully saturated rings. The first kappa shape index (κ1) is 25.5. The van der Waals surface area contributed by atoms with Crippen LogP contribution in [0.5, 0.6) is 0 Å². The largest absolute Gasteiger partial charge is 0.0616 e.